The van der Waals surface area contributed by atoms with Crippen molar-refractivity contribution >= 4 is 38.7 Å². The highest BCUT2D eigenvalue weighted by Gasteiger charge is 2.28. The predicted molar refractivity (Wildman–Crippen MR) is 161 cm³/mol. The molecule has 0 spiro atoms. The van der Waals surface area contributed by atoms with Crippen molar-refractivity contribution in [3.05, 3.63) is 100 Å². The van der Waals surface area contributed by atoms with Crippen LogP contribution in [0.2, 0.25) is 0 Å². The van der Waals surface area contributed by atoms with E-state index in [4.69, 9.17) is 20.0 Å². The normalized spacial score (nSPS) is 12.3. The molecule has 0 bridgehead atoms. The van der Waals surface area contributed by atoms with Crippen LogP contribution < -0.4 is 20.6 Å². The van der Waals surface area contributed by atoms with Gasteiger partial charge in [0.25, 0.3) is 0 Å². The number of halogens is 2. The number of nitrogen functional groups attached to an aromatic ring is 1. The Kier molecular flexibility index (Phi) is 7.53. The van der Waals surface area contributed by atoms with Crippen LogP contribution in [0.3, 0.4) is 0 Å². The van der Waals surface area contributed by atoms with Gasteiger partial charge >= 0.3 is 0 Å². The minimum atomic E-state index is -2.86. The third-order valence-electron chi connectivity index (χ3n) is 7.23. The summed E-state index contributed by atoms with van der Waals surface area (Å²) in [4.78, 5) is 22.4. The molecule has 14 heteroatoms. The topological polar surface area (TPSA) is 155 Å². The van der Waals surface area contributed by atoms with Crippen molar-refractivity contribution in [2.45, 2.75) is 19.5 Å². The maximum Gasteiger partial charge on any atom is 0.203 e. The molecule has 3 heterocycles. The second kappa shape index (κ2) is 11.5. The highest BCUT2D eigenvalue weighted by molar-refractivity contribution is 7.70. The van der Waals surface area contributed by atoms with E-state index in [-0.39, 0.29) is 40.2 Å². The smallest absolute Gasteiger partial charge is 0.203 e. The van der Waals surface area contributed by atoms with E-state index in [0.717, 1.165) is 6.07 Å². The molecular formula is C30H24F2N6O5S. The molecule has 0 aliphatic rings. The predicted octanol–water partition coefficient (Wildman–Crippen LogP) is 4.36. The fourth-order valence-corrected chi connectivity index (χ4v) is 5.52. The first-order valence-corrected chi connectivity index (χ1v) is 14.4. The lowest BCUT2D eigenvalue weighted by Gasteiger charge is -2.17. The second-order valence-electron chi connectivity index (χ2n) is 9.84. The summed E-state index contributed by atoms with van der Waals surface area (Å²) in [6.45, 7) is 1.67. The van der Waals surface area contributed by atoms with E-state index < -0.39 is 34.0 Å². The number of thiol groups is 1. The minimum absolute atomic E-state index is 0.00633. The Morgan fingerprint density at radius 2 is 1.84 bits per heavy atom. The van der Waals surface area contributed by atoms with Crippen LogP contribution in [0.15, 0.2) is 76.2 Å². The molecule has 0 radical (unpaired) electrons. The summed E-state index contributed by atoms with van der Waals surface area (Å²) in [5, 5.41) is 4.94. The Bertz CT molecular complexity index is 2210. The molecule has 6 aromatic rings. The zero-order valence-corrected chi connectivity index (χ0v) is 24.1. The van der Waals surface area contributed by atoms with Gasteiger partial charge in [-0.2, -0.15) is 5.10 Å². The molecule has 0 unspecified atom stereocenters. The van der Waals surface area contributed by atoms with Crippen LogP contribution in [-0.2, 0) is 17.4 Å². The number of anilines is 1. The van der Waals surface area contributed by atoms with Crippen LogP contribution in [0, 0.1) is 11.6 Å². The van der Waals surface area contributed by atoms with Gasteiger partial charge in [-0.1, -0.05) is 18.2 Å². The standard InChI is InChI=1S/C30H24F2N6O5S/c1-15(28-23(16-5-3-6-19(31)12-16)27(39)24-20(32)7-4-8-22(24)43-28)38-30-25(29(33)34-14-35-30)26(37-38)17-9-10-21(42-2)18(11-17)13-36-44(40)41/h3-12,14-15,44H,13H2,1-2H3,(H2,33,34,35)(H,36,40,41)/t15-/m1/s1. The van der Waals surface area contributed by atoms with E-state index in [1.165, 1.54) is 54.5 Å². The first-order chi connectivity index (χ1) is 21.2. The quantitative estimate of drug-likeness (QED) is 0.211. The minimum Gasteiger partial charge on any atom is -0.496 e. The van der Waals surface area contributed by atoms with Crippen molar-refractivity contribution in [2.75, 3.05) is 12.8 Å². The van der Waals surface area contributed by atoms with Crippen LogP contribution in [0.5, 0.6) is 5.75 Å². The van der Waals surface area contributed by atoms with E-state index in [0.29, 0.717) is 33.6 Å². The average molecular weight is 619 g/mol. The molecule has 224 valence electrons. The third-order valence-corrected chi connectivity index (χ3v) is 7.64. The van der Waals surface area contributed by atoms with Gasteiger partial charge in [-0.3, -0.25) is 4.79 Å². The number of ether oxygens (including phenoxy) is 1. The molecule has 0 fully saturated rings. The fraction of sp³-hybridized carbons (Fsp3) is 0.133. The molecule has 44 heavy (non-hydrogen) atoms. The SMILES string of the molecule is COc1ccc(-c2nn([C@H](C)c3oc4cccc(F)c4c(=O)c3-c3cccc(F)c3)c3ncnc(N)c23)cc1CN[SH](=O)=O. The maximum atomic E-state index is 14.9. The van der Waals surface area contributed by atoms with Gasteiger partial charge in [-0.25, -0.2) is 36.6 Å². The molecule has 3 aromatic heterocycles. The first-order valence-electron chi connectivity index (χ1n) is 13.2. The monoisotopic (exact) mass is 618 g/mol. The van der Waals surface area contributed by atoms with Gasteiger partial charge < -0.3 is 14.9 Å². The number of benzene rings is 3. The molecule has 0 amide bonds. The molecular weight excluding hydrogens is 594 g/mol. The summed E-state index contributed by atoms with van der Waals surface area (Å²) >= 11 is 0. The van der Waals surface area contributed by atoms with Gasteiger partial charge in [0.15, 0.2) is 5.65 Å². The van der Waals surface area contributed by atoms with Gasteiger partial charge in [0.1, 0.15) is 58.0 Å². The number of nitrogens with two attached hydrogens (primary N) is 1. The van der Waals surface area contributed by atoms with Crippen LogP contribution in [0.4, 0.5) is 14.6 Å². The van der Waals surface area contributed by atoms with Gasteiger partial charge in [-0.05, 0) is 55.0 Å². The molecule has 3 aromatic carbocycles. The van der Waals surface area contributed by atoms with E-state index >= 15 is 0 Å². The number of rotatable bonds is 8. The zero-order valence-electron chi connectivity index (χ0n) is 23.2. The Hall–Kier alpha value is -5.21. The van der Waals surface area contributed by atoms with Crippen molar-refractivity contribution in [1.82, 2.24) is 24.5 Å². The number of hydrogen-bond donors (Lipinski definition) is 3. The van der Waals surface area contributed by atoms with E-state index in [9.17, 15) is 22.0 Å². The lowest BCUT2D eigenvalue weighted by Crippen LogP contribution is -2.17. The van der Waals surface area contributed by atoms with Crippen LogP contribution in [-0.4, -0.2) is 35.3 Å². The van der Waals surface area contributed by atoms with Crippen molar-refractivity contribution in [3.63, 3.8) is 0 Å². The Morgan fingerprint density at radius 1 is 1.05 bits per heavy atom. The number of aromatic nitrogens is 4. The Balaban J connectivity index is 1.60. The summed E-state index contributed by atoms with van der Waals surface area (Å²) in [7, 11) is -1.39. The number of nitrogens with zero attached hydrogens (tertiary/aromatic N) is 4. The fourth-order valence-electron chi connectivity index (χ4n) is 5.22. The summed E-state index contributed by atoms with van der Waals surface area (Å²) < 4.78 is 67.1. The summed E-state index contributed by atoms with van der Waals surface area (Å²) in [6.07, 6.45) is 1.26. The lowest BCUT2D eigenvalue weighted by molar-refractivity contribution is 0.409. The van der Waals surface area contributed by atoms with Crippen LogP contribution in [0.25, 0.3) is 44.4 Å². The maximum absolute atomic E-state index is 14.9. The highest BCUT2D eigenvalue weighted by Crippen LogP contribution is 2.37. The lowest BCUT2D eigenvalue weighted by atomic mass is 9.99. The molecule has 6 rings (SSSR count). The summed E-state index contributed by atoms with van der Waals surface area (Å²) in [5.41, 5.74) is 7.55. The van der Waals surface area contributed by atoms with Gasteiger partial charge in [-0.15, -0.1) is 0 Å². The largest absolute Gasteiger partial charge is 0.496 e. The highest BCUT2D eigenvalue weighted by atomic mass is 32.2. The number of hydrogen-bond acceptors (Lipinski definition) is 9. The van der Waals surface area contributed by atoms with Crippen molar-refractivity contribution in [3.8, 4) is 28.1 Å². The Labute approximate surface area is 250 Å². The molecule has 1 atom stereocenters. The van der Waals surface area contributed by atoms with Crippen molar-refractivity contribution in [2.24, 2.45) is 0 Å². The number of methoxy groups -OCH3 is 1. The molecule has 11 nitrogen and oxygen atoms in total. The molecule has 0 aliphatic carbocycles. The van der Waals surface area contributed by atoms with Gasteiger partial charge in [0, 0.05) is 17.7 Å². The molecule has 3 N–H and O–H groups in total. The molecule has 0 saturated carbocycles. The molecule has 0 aliphatic heterocycles. The van der Waals surface area contributed by atoms with E-state index in [1.807, 2.05) is 0 Å². The second-order valence-corrected chi connectivity index (χ2v) is 10.7. The van der Waals surface area contributed by atoms with Crippen molar-refractivity contribution < 1.29 is 26.4 Å². The summed E-state index contributed by atoms with van der Waals surface area (Å²) in [6, 6.07) is 13.7. The molecule has 0 saturated heterocycles. The van der Waals surface area contributed by atoms with E-state index in [1.54, 1.807) is 25.1 Å². The number of nitrogens with one attached hydrogen (secondary N) is 1. The zero-order chi connectivity index (χ0) is 31.1. The average Bonchev–Trinajstić information content (AvgIpc) is 3.40. The van der Waals surface area contributed by atoms with Gasteiger partial charge in [0.2, 0.25) is 16.3 Å². The van der Waals surface area contributed by atoms with Gasteiger partial charge in [0.05, 0.1) is 18.1 Å². The van der Waals surface area contributed by atoms with Crippen LogP contribution >= 0.6 is 0 Å². The number of fused-ring (bicyclic) bond motifs is 2. The first kappa shape index (κ1) is 28.9. The summed E-state index contributed by atoms with van der Waals surface area (Å²) in [5.74, 6) is -0.705. The Morgan fingerprint density at radius 3 is 2.59 bits per heavy atom. The third kappa shape index (κ3) is 5.03. The van der Waals surface area contributed by atoms with E-state index in [2.05, 4.69) is 14.7 Å². The van der Waals surface area contributed by atoms with Crippen molar-refractivity contribution in [1.29, 1.82) is 0 Å². The van der Waals surface area contributed by atoms with Crippen LogP contribution in [0.1, 0.15) is 24.3 Å².